The van der Waals surface area contributed by atoms with Gasteiger partial charge in [0.15, 0.2) is 4.75 Å². The lowest BCUT2D eigenvalue weighted by Gasteiger charge is -2.40. The second-order valence-electron chi connectivity index (χ2n) is 8.64. The molecule has 3 heterocycles. The van der Waals surface area contributed by atoms with Crippen molar-refractivity contribution in [3.8, 4) is 0 Å². The van der Waals surface area contributed by atoms with Crippen LogP contribution in [0.3, 0.4) is 0 Å². The van der Waals surface area contributed by atoms with E-state index in [-0.39, 0.29) is 32.0 Å². The zero-order valence-electron chi connectivity index (χ0n) is 17.1. The average Bonchev–Trinajstić information content (AvgIpc) is 3.62. The monoisotopic (exact) mass is 438 g/mol. The summed E-state index contributed by atoms with van der Waals surface area (Å²) in [7, 11) is -3.93. The molecule has 0 spiro atoms. The summed E-state index contributed by atoms with van der Waals surface area (Å²) < 4.78 is 31.7. The van der Waals surface area contributed by atoms with E-state index in [4.69, 9.17) is 9.94 Å². The molecule has 4 rings (SSSR count). The topological polar surface area (TPSA) is 122 Å². The Balaban J connectivity index is 1.39. The van der Waals surface area contributed by atoms with Crippen LogP contribution in [0.25, 0.3) is 0 Å². The van der Waals surface area contributed by atoms with Crippen LogP contribution in [-0.4, -0.2) is 64.9 Å². The minimum absolute atomic E-state index is 0.0372. The van der Waals surface area contributed by atoms with E-state index in [2.05, 4.69) is 9.97 Å². The van der Waals surface area contributed by atoms with Gasteiger partial charge in [0.1, 0.15) is 0 Å². The van der Waals surface area contributed by atoms with Crippen LogP contribution in [0.5, 0.6) is 0 Å². The predicted octanol–water partition coefficient (Wildman–Crippen LogP) is 1.38. The molecule has 0 bridgehead atoms. The third kappa shape index (κ3) is 4.23. The minimum atomic E-state index is -3.93. The number of piperidine rings is 1. The molecule has 1 aromatic rings. The molecule has 9 nitrogen and oxygen atoms in total. The number of hydroxylamine groups is 1. The van der Waals surface area contributed by atoms with E-state index < -0.39 is 20.7 Å². The Morgan fingerprint density at radius 3 is 2.43 bits per heavy atom. The van der Waals surface area contributed by atoms with E-state index in [0.29, 0.717) is 25.9 Å². The van der Waals surface area contributed by atoms with Crippen molar-refractivity contribution < 1.29 is 23.2 Å². The summed E-state index contributed by atoms with van der Waals surface area (Å²) in [6, 6.07) is 0. The highest BCUT2D eigenvalue weighted by Crippen LogP contribution is 2.36. The number of nitrogens with zero attached hydrogens (tertiary/aromatic N) is 3. The van der Waals surface area contributed by atoms with Gasteiger partial charge in [-0.2, -0.15) is 0 Å². The summed E-state index contributed by atoms with van der Waals surface area (Å²) in [5, 5.41) is 9.16. The number of nitrogens with one attached hydrogen (secondary N) is 1. The molecule has 2 N–H and O–H groups in total. The van der Waals surface area contributed by atoms with Crippen molar-refractivity contribution in [1.29, 1.82) is 0 Å². The van der Waals surface area contributed by atoms with Crippen LogP contribution in [-0.2, 0) is 26.0 Å². The highest BCUT2D eigenvalue weighted by molar-refractivity contribution is 7.91. The van der Waals surface area contributed by atoms with Crippen LogP contribution in [0.15, 0.2) is 12.4 Å². The first-order chi connectivity index (χ1) is 14.5. The van der Waals surface area contributed by atoms with Gasteiger partial charge in [-0.25, -0.2) is 18.2 Å². The van der Waals surface area contributed by atoms with Crippen LogP contribution in [0.2, 0.25) is 0 Å². The van der Waals surface area contributed by atoms with E-state index in [0.717, 1.165) is 23.7 Å². The van der Waals surface area contributed by atoms with Gasteiger partial charge in [-0.1, -0.05) is 12.8 Å². The number of aryl methyl sites for hydroxylation is 1. The maximum atomic E-state index is 13.4. The average molecular weight is 439 g/mol. The first-order valence-electron chi connectivity index (χ1n) is 10.8. The largest absolute Gasteiger partial charge is 0.381 e. The number of amides is 1. The van der Waals surface area contributed by atoms with Crippen molar-refractivity contribution in [3.63, 3.8) is 0 Å². The normalized spacial score (nSPS) is 23.2. The number of ether oxygens (including phenoxy) is 1. The Hall–Kier alpha value is -1.62. The minimum Gasteiger partial charge on any atom is -0.381 e. The zero-order valence-corrected chi connectivity index (χ0v) is 17.9. The van der Waals surface area contributed by atoms with Crippen LogP contribution >= 0.6 is 0 Å². The molecule has 1 aliphatic carbocycles. The molecule has 0 unspecified atom stereocenters. The van der Waals surface area contributed by atoms with Gasteiger partial charge in [0.25, 0.3) is 5.91 Å². The lowest BCUT2D eigenvalue weighted by molar-refractivity contribution is -0.134. The molecular weight excluding hydrogens is 408 g/mol. The molecule has 3 aliphatic rings. The number of aromatic nitrogens is 2. The SMILES string of the molecule is O=C(NO)C1(S(=O)(=O)N2CCC(c3cnc(CCC4CC4)cn3)CC2)CCOCC1. The number of rotatable bonds is 7. The highest BCUT2D eigenvalue weighted by Gasteiger charge is 2.54. The van der Waals surface area contributed by atoms with Crippen molar-refractivity contribution in [3.05, 3.63) is 23.8 Å². The van der Waals surface area contributed by atoms with Crippen LogP contribution < -0.4 is 5.48 Å². The number of sulfonamides is 1. The number of hydrogen-bond acceptors (Lipinski definition) is 7. The lowest BCUT2D eigenvalue weighted by atomic mass is 9.95. The molecular formula is C20H30N4O5S. The van der Waals surface area contributed by atoms with E-state index in [1.165, 1.54) is 23.6 Å². The first kappa shape index (κ1) is 21.6. The molecule has 0 aromatic carbocycles. The van der Waals surface area contributed by atoms with E-state index in [9.17, 15) is 13.2 Å². The molecule has 30 heavy (non-hydrogen) atoms. The standard InChI is InChI=1S/C20H30N4O5S/c25-19(23-26)20(7-11-29-12-8-20)30(27,28)24-9-5-16(6-10-24)18-14-21-17(13-22-18)4-3-15-1-2-15/h13-16,26H,1-12H2,(H,23,25). The smallest absolute Gasteiger partial charge is 0.266 e. The molecule has 2 saturated heterocycles. The van der Waals surface area contributed by atoms with Crippen molar-refractivity contribution in [1.82, 2.24) is 19.8 Å². The lowest BCUT2D eigenvalue weighted by Crippen LogP contribution is -2.60. The third-order valence-corrected chi connectivity index (χ3v) is 9.38. The van der Waals surface area contributed by atoms with E-state index >= 15 is 0 Å². The molecule has 3 fully saturated rings. The maximum Gasteiger partial charge on any atom is 0.266 e. The second-order valence-corrected chi connectivity index (χ2v) is 10.9. The molecule has 0 atom stereocenters. The quantitative estimate of drug-likeness (QED) is 0.487. The summed E-state index contributed by atoms with van der Waals surface area (Å²) >= 11 is 0. The summed E-state index contributed by atoms with van der Waals surface area (Å²) in [5.74, 6) is 0.143. The molecule has 166 valence electrons. The fraction of sp³-hybridized carbons (Fsp3) is 0.750. The van der Waals surface area contributed by atoms with Crippen LogP contribution in [0.1, 0.15) is 62.3 Å². The van der Waals surface area contributed by atoms with Crippen molar-refractivity contribution >= 4 is 15.9 Å². The van der Waals surface area contributed by atoms with Crippen molar-refractivity contribution in [2.75, 3.05) is 26.3 Å². The fourth-order valence-electron chi connectivity index (χ4n) is 4.51. The molecule has 1 saturated carbocycles. The predicted molar refractivity (Wildman–Crippen MR) is 108 cm³/mol. The van der Waals surface area contributed by atoms with E-state index in [1.807, 2.05) is 12.4 Å². The Morgan fingerprint density at radius 1 is 1.17 bits per heavy atom. The van der Waals surface area contributed by atoms with Gasteiger partial charge in [0, 0.05) is 57.5 Å². The second kappa shape index (κ2) is 8.86. The molecule has 2 aliphatic heterocycles. The first-order valence-corrected chi connectivity index (χ1v) is 12.2. The van der Waals surface area contributed by atoms with Gasteiger partial charge in [0.2, 0.25) is 10.0 Å². The zero-order chi connectivity index (χ0) is 21.2. The summed E-state index contributed by atoms with van der Waals surface area (Å²) in [6.07, 6.45) is 9.82. The van der Waals surface area contributed by atoms with Gasteiger partial charge in [-0.3, -0.25) is 20.0 Å². The van der Waals surface area contributed by atoms with Crippen molar-refractivity contribution in [2.24, 2.45) is 5.92 Å². The van der Waals surface area contributed by atoms with Crippen LogP contribution in [0, 0.1) is 5.92 Å². The van der Waals surface area contributed by atoms with Gasteiger partial charge in [-0.15, -0.1) is 0 Å². The van der Waals surface area contributed by atoms with Crippen LogP contribution in [0.4, 0.5) is 0 Å². The summed E-state index contributed by atoms with van der Waals surface area (Å²) in [4.78, 5) is 21.5. The van der Waals surface area contributed by atoms with Crippen molar-refractivity contribution in [2.45, 2.75) is 62.0 Å². The van der Waals surface area contributed by atoms with Gasteiger partial charge < -0.3 is 4.74 Å². The third-order valence-electron chi connectivity index (χ3n) is 6.75. The maximum absolute atomic E-state index is 13.4. The fourth-order valence-corrected chi connectivity index (χ4v) is 6.66. The van der Waals surface area contributed by atoms with Gasteiger partial charge >= 0.3 is 0 Å². The molecule has 0 radical (unpaired) electrons. The Kier molecular flexibility index (Phi) is 6.38. The van der Waals surface area contributed by atoms with Gasteiger partial charge in [-0.05, 0) is 31.6 Å². The number of hydrogen-bond donors (Lipinski definition) is 2. The highest BCUT2D eigenvalue weighted by atomic mass is 32.2. The summed E-state index contributed by atoms with van der Waals surface area (Å²) in [6.45, 7) is 0.983. The Bertz CT molecular complexity index is 842. The number of carbonyl (C=O) groups is 1. The molecule has 1 aromatic heterocycles. The Morgan fingerprint density at radius 2 is 1.87 bits per heavy atom. The molecule has 10 heteroatoms. The Labute approximate surface area is 177 Å². The molecule has 1 amide bonds. The van der Waals surface area contributed by atoms with Gasteiger partial charge in [0.05, 0.1) is 11.4 Å². The van der Waals surface area contributed by atoms with E-state index in [1.54, 1.807) is 5.48 Å². The number of carbonyl (C=O) groups excluding carboxylic acids is 1. The summed E-state index contributed by atoms with van der Waals surface area (Å²) in [5.41, 5.74) is 3.48.